The number of esters is 1. The van der Waals surface area contributed by atoms with Crippen LogP contribution in [0.25, 0.3) is 0 Å². The summed E-state index contributed by atoms with van der Waals surface area (Å²) in [5.74, 6) is -0.0821. The van der Waals surface area contributed by atoms with E-state index in [0.29, 0.717) is 17.9 Å². The Kier molecular flexibility index (Phi) is 8.06. The molecule has 1 aliphatic heterocycles. The number of anilines is 1. The van der Waals surface area contributed by atoms with Gasteiger partial charge in [-0.15, -0.1) is 0 Å². The molecule has 1 saturated heterocycles. The molecule has 1 N–H and O–H groups in total. The van der Waals surface area contributed by atoms with Crippen LogP contribution in [0.1, 0.15) is 35.7 Å². The van der Waals surface area contributed by atoms with Gasteiger partial charge in [0.15, 0.2) is 6.61 Å². The van der Waals surface area contributed by atoms with Gasteiger partial charge in [0.2, 0.25) is 0 Å². The molecular formula is C22H24IN3O4. The highest BCUT2D eigenvalue weighted by Gasteiger charge is 2.13. The number of hydrogen-bond acceptors (Lipinski definition) is 6. The highest BCUT2D eigenvalue weighted by molar-refractivity contribution is 14.1. The Morgan fingerprint density at radius 3 is 2.57 bits per heavy atom. The van der Waals surface area contributed by atoms with Crippen molar-refractivity contribution in [2.24, 2.45) is 5.10 Å². The number of nitrogens with zero attached hydrogens (tertiary/aromatic N) is 2. The summed E-state index contributed by atoms with van der Waals surface area (Å²) in [6, 6.07) is 13.0. The van der Waals surface area contributed by atoms with Crippen molar-refractivity contribution in [3.8, 4) is 5.75 Å². The summed E-state index contributed by atoms with van der Waals surface area (Å²) in [4.78, 5) is 26.0. The molecular weight excluding hydrogens is 497 g/mol. The van der Waals surface area contributed by atoms with E-state index in [-0.39, 0.29) is 12.5 Å². The van der Waals surface area contributed by atoms with E-state index in [0.717, 1.165) is 27.9 Å². The van der Waals surface area contributed by atoms with Crippen molar-refractivity contribution in [3.63, 3.8) is 0 Å². The van der Waals surface area contributed by atoms with Crippen LogP contribution in [0.2, 0.25) is 0 Å². The first-order valence-electron chi connectivity index (χ1n) is 9.83. The average Bonchev–Trinajstić information content (AvgIpc) is 3.28. The molecule has 0 atom stereocenters. The van der Waals surface area contributed by atoms with E-state index in [2.05, 4.69) is 38.0 Å². The first-order chi connectivity index (χ1) is 14.6. The average molecular weight is 521 g/mol. The highest BCUT2D eigenvalue weighted by atomic mass is 127. The molecule has 0 bridgehead atoms. The second kappa shape index (κ2) is 11.0. The van der Waals surface area contributed by atoms with Crippen molar-refractivity contribution in [1.82, 2.24) is 5.43 Å². The number of ether oxygens (including phenoxy) is 2. The minimum Gasteiger partial charge on any atom is -0.481 e. The van der Waals surface area contributed by atoms with Crippen LogP contribution in [0.4, 0.5) is 5.69 Å². The normalized spacial score (nSPS) is 13.5. The monoisotopic (exact) mass is 521 g/mol. The largest absolute Gasteiger partial charge is 0.481 e. The number of amides is 1. The molecule has 158 valence electrons. The Labute approximate surface area is 189 Å². The van der Waals surface area contributed by atoms with Crippen LogP contribution in [0, 0.1) is 3.57 Å². The Morgan fingerprint density at radius 2 is 1.90 bits per heavy atom. The molecule has 30 heavy (non-hydrogen) atoms. The number of rotatable bonds is 8. The van der Waals surface area contributed by atoms with Gasteiger partial charge in [-0.1, -0.05) is 0 Å². The quantitative estimate of drug-likeness (QED) is 0.249. The molecule has 0 aromatic heterocycles. The number of halogens is 1. The summed E-state index contributed by atoms with van der Waals surface area (Å²) in [7, 11) is 0. The Morgan fingerprint density at radius 1 is 1.17 bits per heavy atom. The Bertz CT molecular complexity index is 909. The van der Waals surface area contributed by atoms with Crippen molar-refractivity contribution in [2.45, 2.75) is 19.8 Å². The predicted octanol–water partition coefficient (Wildman–Crippen LogP) is 3.60. The van der Waals surface area contributed by atoms with Gasteiger partial charge in [-0.25, -0.2) is 10.2 Å². The Balaban J connectivity index is 1.52. The maximum Gasteiger partial charge on any atom is 0.344 e. The number of carbonyl (C=O) groups excluding carboxylic acids is 2. The van der Waals surface area contributed by atoms with Crippen molar-refractivity contribution in [2.75, 3.05) is 31.2 Å². The van der Waals surface area contributed by atoms with Gasteiger partial charge >= 0.3 is 5.97 Å². The van der Waals surface area contributed by atoms with Crippen molar-refractivity contribution in [3.05, 3.63) is 57.2 Å². The minimum atomic E-state index is -0.407. The molecule has 0 spiro atoms. The van der Waals surface area contributed by atoms with Crippen LogP contribution in [-0.2, 0) is 9.53 Å². The van der Waals surface area contributed by atoms with E-state index in [1.165, 1.54) is 12.8 Å². The molecule has 0 saturated carbocycles. The van der Waals surface area contributed by atoms with Crippen LogP contribution in [0.15, 0.2) is 47.6 Å². The summed E-state index contributed by atoms with van der Waals surface area (Å²) in [6.07, 6.45) is 4.00. The van der Waals surface area contributed by atoms with Gasteiger partial charge in [-0.2, -0.15) is 5.10 Å². The molecule has 0 aliphatic carbocycles. The third kappa shape index (κ3) is 6.19. The number of carbonyl (C=O) groups is 2. The van der Waals surface area contributed by atoms with E-state index < -0.39 is 5.97 Å². The zero-order valence-corrected chi connectivity index (χ0v) is 18.9. The van der Waals surface area contributed by atoms with E-state index in [9.17, 15) is 9.59 Å². The zero-order valence-electron chi connectivity index (χ0n) is 16.8. The van der Waals surface area contributed by atoms with Gasteiger partial charge < -0.3 is 14.4 Å². The van der Waals surface area contributed by atoms with E-state index in [1.54, 1.807) is 25.3 Å². The van der Waals surface area contributed by atoms with E-state index in [1.807, 2.05) is 30.3 Å². The predicted molar refractivity (Wildman–Crippen MR) is 124 cm³/mol. The first kappa shape index (κ1) is 22.1. The fourth-order valence-electron chi connectivity index (χ4n) is 3.08. The minimum absolute atomic E-state index is 0.135. The van der Waals surface area contributed by atoms with Gasteiger partial charge in [-0.3, -0.25) is 4.79 Å². The smallest absolute Gasteiger partial charge is 0.344 e. The van der Waals surface area contributed by atoms with Gasteiger partial charge in [-0.05, 0) is 90.4 Å². The molecule has 0 unspecified atom stereocenters. The second-order valence-corrected chi connectivity index (χ2v) is 7.89. The molecule has 8 heteroatoms. The van der Waals surface area contributed by atoms with Crippen LogP contribution in [-0.4, -0.2) is 44.4 Å². The van der Waals surface area contributed by atoms with E-state index in [4.69, 9.17) is 9.47 Å². The number of hydrogen-bond donors (Lipinski definition) is 1. The molecule has 1 aliphatic rings. The van der Waals surface area contributed by atoms with Gasteiger partial charge in [0.05, 0.1) is 16.4 Å². The van der Waals surface area contributed by atoms with Crippen LogP contribution < -0.4 is 15.1 Å². The fraction of sp³-hybridized carbons (Fsp3) is 0.318. The van der Waals surface area contributed by atoms with Crippen molar-refractivity contribution >= 4 is 46.4 Å². The number of nitrogens with one attached hydrogen (secondary N) is 1. The topological polar surface area (TPSA) is 80.2 Å². The molecule has 1 amide bonds. The number of hydrazone groups is 1. The summed E-state index contributed by atoms with van der Waals surface area (Å²) < 4.78 is 11.1. The molecule has 0 radical (unpaired) electrons. The Hall–Kier alpha value is -2.62. The zero-order chi connectivity index (χ0) is 21.3. The maximum atomic E-state index is 12.3. The molecule has 2 aromatic carbocycles. The lowest BCUT2D eigenvalue weighted by atomic mass is 10.2. The highest BCUT2D eigenvalue weighted by Crippen LogP contribution is 2.22. The summed E-state index contributed by atoms with van der Waals surface area (Å²) in [6.45, 7) is 4.08. The third-order valence-electron chi connectivity index (χ3n) is 4.59. The maximum absolute atomic E-state index is 12.3. The van der Waals surface area contributed by atoms with Crippen LogP contribution >= 0.6 is 22.6 Å². The van der Waals surface area contributed by atoms with Crippen LogP contribution in [0.5, 0.6) is 5.75 Å². The SMILES string of the molecule is CCOC(=O)COc1ccc(/C=N\NC(=O)c2ccc(N3CCCC3)cc2)cc1I. The molecule has 7 nitrogen and oxygen atoms in total. The standard InChI is InChI=1S/C22H24IN3O4/c1-2-29-21(27)15-30-20-10-5-16(13-19(20)23)14-24-25-22(28)17-6-8-18(9-7-17)26-11-3-4-12-26/h5-10,13-14H,2-4,11-12,15H2,1H3,(H,25,28)/b24-14-. The lowest BCUT2D eigenvalue weighted by Gasteiger charge is -2.17. The second-order valence-electron chi connectivity index (χ2n) is 6.72. The van der Waals surface area contributed by atoms with E-state index >= 15 is 0 Å². The van der Waals surface area contributed by atoms with Gasteiger partial charge in [0.25, 0.3) is 5.91 Å². The fourth-order valence-corrected chi connectivity index (χ4v) is 3.78. The van der Waals surface area contributed by atoms with Gasteiger partial charge in [0, 0.05) is 24.3 Å². The molecule has 3 rings (SSSR count). The summed E-state index contributed by atoms with van der Waals surface area (Å²) in [5.41, 5.74) is 5.05. The lowest BCUT2D eigenvalue weighted by Crippen LogP contribution is -2.19. The van der Waals surface area contributed by atoms with Crippen molar-refractivity contribution < 1.29 is 19.1 Å². The summed E-state index contributed by atoms with van der Waals surface area (Å²) in [5, 5.41) is 4.03. The summed E-state index contributed by atoms with van der Waals surface area (Å²) >= 11 is 2.12. The molecule has 2 aromatic rings. The lowest BCUT2D eigenvalue weighted by molar-refractivity contribution is -0.145. The number of benzene rings is 2. The third-order valence-corrected chi connectivity index (χ3v) is 5.43. The van der Waals surface area contributed by atoms with Crippen molar-refractivity contribution in [1.29, 1.82) is 0 Å². The van der Waals surface area contributed by atoms with Gasteiger partial charge in [0.1, 0.15) is 5.75 Å². The molecule has 1 heterocycles. The first-order valence-corrected chi connectivity index (χ1v) is 10.9. The van der Waals surface area contributed by atoms with Crippen LogP contribution in [0.3, 0.4) is 0 Å². The molecule has 1 fully saturated rings.